The molecule has 2 atom stereocenters. The van der Waals surface area contributed by atoms with Gasteiger partial charge in [-0.05, 0) is 55.3 Å². The van der Waals surface area contributed by atoms with Gasteiger partial charge in [0.15, 0.2) is 0 Å². The molecule has 1 aliphatic rings. The number of ether oxygens (including phenoxy) is 1. The standard InChI is InChI=1S/C18H20N4O3/c1-2-25-18(24)13-3-5-14(6-4-13)20-17(23)16-11-15(21-22-16)12-7-9-19-10-8-12/h3-10,15-16,21-22H,2,11H2,1H3,(H,20,23). The predicted octanol–water partition coefficient (Wildman–Crippen LogP) is 1.80. The van der Waals surface area contributed by atoms with Crippen molar-refractivity contribution in [2.45, 2.75) is 25.4 Å². The average molecular weight is 340 g/mol. The third-order valence-electron chi connectivity index (χ3n) is 3.99. The summed E-state index contributed by atoms with van der Waals surface area (Å²) in [6.45, 7) is 2.09. The number of nitrogens with zero attached hydrogens (tertiary/aromatic N) is 1. The van der Waals surface area contributed by atoms with E-state index in [2.05, 4.69) is 21.2 Å². The van der Waals surface area contributed by atoms with Crippen molar-refractivity contribution in [3.8, 4) is 0 Å². The summed E-state index contributed by atoms with van der Waals surface area (Å²) in [5, 5.41) is 2.85. The molecule has 1 amide bonds. The number of carbonyl (C=O) groups is 2. The van der Waals surface area contributed by atoms with Crippen LogP contribution in [0.25, 0.3) is 0 Å². The molecule has 0 spiro atoms. The predicted molar refractivity (Wildman–Crippen MR) is 92.7 cm³/mol. The quantitative estimate of drug-likeness (QED) is 0.719. The average Bonchev–Trinajstić information content (AvgIpc) is 3.13. The first-order valence-corrected chi connectivity index (χ1v) is 8.16. The van der Waals surface area contributed by atoms with Crippen molar-refractivity contribution in [1.29, 1.82) is 0 Å². The third-order valence-corrected chi connectivity index (χ3v) is 3.99. The number of hydrogen-bond donors (Lipinski definition) is 3. The summed E-state index contributed by atoms with van der Waals surface area (Å²) in [7, 11) is 0. The summed E-state index contributed by atoms with van der Waals surface area (Å²) in [5.41, 5.74) is 8.31. The van der Waals surface area contributed by atoms with E-state index in [1.54, 1.807) is 43.6 Å². The molecule has 1 fully saturated rings. The highest BCUT2D eigenvalue weighted by molar-refractivity contribution is 5.96. The Balaban J connectivity index is 1.57. The van der Waals surface area contributed by atoms with E-state index in [9.17, 15) is 9.59 Å². The first-order valence-electron chi connectivity index (χ1n) is 8.16. The summed E-state index contributed by atoms with van der Waals surface area (Å²) < 4.78 is 4.94. The smallest absolute Gasteiger partial charge is 0.338 e. The molecule has 130 valence electrons. The molecule has 0 bridgehead atoms. The van der Waals surface area contributed by atoms with Crippen LogP contribution in [0, 0.1) is 0 Å². The molecule has 1 aromatic heterocycles. The molecule has 0 saturated carbocycles. The van der Waals surface area contributed by atoms with Gasteiger partial charge in [-0.2, -0.15) is 0 Å². The molecule has 2 aromatic rings. The number of aromatic nitrogens is 1. The fourth-order valence-corrected chi connectivity index (χ4v) is 2.68. The lowest BCUT2D eigenvalue weighted by molar-refractivity contribution is -0.117. The van der Waals surface area contributed by atoms with Gasteiger partial charge in [0.05, 0.1) is 12.2 Å². The number of esters is 1. The highest BCUT2D eigenvalue weighted by atomic mass is 16.5. The van der Waals surface area contributed by atoms with E-state index in [0.717, 1.165) is 5.56 Å². The van der Waals surface area contributed by atoms with E-state index in [1.165, 1.54) is 0 Å². The van der Waals surface area contributed by atoms with E-state index in [1.807, 2.05) is 12.1 Å². The van der Waals surface area contributed by atoms with E-state index >= 15 is 0 Å². The number of hydrazine groups is 1. The highest BCUT2D eigenvalue weighted by Gasteiger charge is 2.30. The number of rotatable bonds is 5. The van der Waals surface area contributed by atoms with Crippen molar-refractivity contribution >= 4 is 17.6 Å². The molecule has 0 radical (unpaired) electrons. The van der Waals surface area contributed by atoms with Gasteiger partial charge in [0.1, 0.15) is 6.04 Å². The Hall–Kier alpha value is -2.77. The Morgan fingerprint density at radius 1 is 1.16 bits per heavy atom. The van der Waals surface area contributed by atoms with Crippen LogP contribution in [0.2, 0.25) is 0 Å². The number of carbonyl (C=O) groups excluding carboxylic acids is 2. The Kier molecular flexibility index (Phi) is 5.37. The largest absolute Gasteiger partial charge is 0.462 e. The van der Waals surface area contributed by atoms with Crippen molar-refractivity contribution in [3.05, 3.63) is 59.9 Å². The first-order chi connectivity index (χ1) is 12.2. The molecule has 1 aliphatic heterocycles. The maximum absolute atomic E-state index is 12.4. The summed E-state index contributed by atoms with van der Waals surface area (Å²) in [4.78, 5) is 28.0. The van der Waals surface area contributed by atoms with Gasteiger partial charge in [0.2, 0.25) is 5.91 Å². The maximum Gasteiger partial charge on any atom is 0.338 e. The lowest BCUT2D eigenvalue weighted by Gasteiger charge is -2.11. The number of hydrogen-bond acceptors (Lipinski definition) is 6. The SMILES string of the molecule is CCOC(=O)c1ccc(NC(=O)C2CC(c3ccncc3)NN2)cc1. The van der Waals surface area contributed by atoms with Crippen LogP contribution in [0.3, 0.4) is 0 Å². The second kappa shape index (κ2) is 7.87. The monoisotopic (exact) mass is 340 g/mol. The number of benzene rings is 1. The van der Waals surface area contributed by atoms with Crippen molar-refractivity contribution in [1.82, 2.24) is 15.8 Å². The van der Waals surface area contributed by atoms with Gasteiger partial charge in [-0.1, -0.05) is 0 Å². The molecule has 2 unspecified atom stereocenters. The molecule has 3 N–H and O–H groups in total. The van der Waals surface area contributed by atoms with Crippen molar-refractivity contribution < 1.29 is 14.3 Å². The van der Waals surface area contributed by atoms with E-state index in [4.69, 9.17) is 4.74 Å². The van der Waals surface area contributed by atoms with Crippen LogP contribution in [0.1, 0.15) is 35.3 Å². The highest BCUT2D eigenvalue weighted by Crippen LogP contribution is 2.22. The van der Waals surface area contributed by atoms with Gasteiger partial charge < -0.3 is 10.1 Å². The zero-order valence-corrected chi connectivity index (χ0v) is 13.9. The van der Waals surface area contributed by atoms with Gasteiger partial charge in [0, 0.05) is 24.1 Å². The van der Waals surface area contributed by atoms with Gasteiger partial charge >= 0.3 is 5.97 Å². The molecule has 3 rings (SSSR count). The molecule has 25 heavy (non-hydrogen) atoms. The van der Waals surface area contributed by atoms with Gasteiger partial charge in [-0.25, -0.2) is 15.6 Å². The topological polar surface area (TPSA) is 92.3 Å². The Bertz CT molecular complexity index is 734. The van der Waals surface area contributed by atoms with Crippen LogP contribution in [-0.4, -0.2) is 29.5 Å². The fraction of sp³-hybridized carbons (Fsp3) is 0.278. The zero-order valence-electron chi connectivity index (χ0n) is 13.9. The van der Waals surface area contributed by atoms with Crippen LogP contribution >= 0.6 is 0 Å². The minimum Gasteiger partial charge on any atom is -0.462 e. The van der Waals surface area contributed by atoms with Crippen LogP contribution in [0.15, 0.2) is 48.8 Å². The van der Waals surface area contributed by atoms with E-state index < -0.39 is 0 Å². The zero-order chi connectivity index (χ0) is 17.6. The minimum absolute atomic E-state index is 0.0601. The molecule has 7 nitrogen and oxygen atoms in total. The van der Waals surface area contributed by atoms with Gasteiger partial charge in [0.25, 0.3) is 0 Å². The number of anilines is 1. The van der Waals surface area contributed by atoms with E-state index in [0.29, 0.717) is 24.3 Å². The normalized spacial score (nSPS) is 19.4. The Labute approximate surface area is 145 Å². The molecule has 0 aliphatic carbocycles. The fourth-order valence-electron chi connectivity index (χ4n) is 2.68. The summed E-state index contributed by atoms with van der Waals surface area (Å²) in [5.74, 6) is -0.504. The summed E-state index contributed by atoms with van der Waals surface area (Å²) in [6.07, 6.45) is 4.10. The van der Waals surface area contributed by atoms with Crippen molar-refractivity contribution in [3.63, 3.8) is 0 Å². The number of amides is 1. The molecular weight excluding hydrogens is 320 g/mol. The van der Waals surface area contributed by atoms with Crippen LogP contribution in [0.4, 0.5) is 5.69 Å². The van der Waals surface area contributed by atoms with Crippen LogP contribution in [0.5, 0.6) is 0 Å². The molecule has 2 heterocycles. The minimum atomic E-state index is -0.373. The van der Waals surface area contributed by atoms with Crippen LogP contribution < -0.4 is 16.2 Å². The van der Waals surface area contributed by atoms with Gasteiger partial charge in [-0.15, -0.1) is 0 Å². The summed E-state index contributed by atoms with van der Waals surface area (Å²) in [6, 6.07) is 10.2. The number of pyridine rings is 1. The second-order valence-corrected chi connectivity index (χ2v) is 5.70. The lowest BCUT2D eigenvalue weighted by Crippen LogP contribution is -2.39. The second-order valence-electron chi connectivity index (χ2n) is 5.70. The lowest BCUT2D eigenvalue weighted by atomic mass is 10.0. The van der Waals surface area contributed by atoms with E-state index in [-0.39, 0.29) is 24.0 Å². The Morgan fingerprint density at radius 2 is 1.88 bits per heavy atom. The van der Waals surface area contributed by atoms with Crippen molar-refractivity contribution in [2.75, 3.05) is 11.9 Å². The number of nitrogens with one attached hydrogen (secondary N) is 3. The van der Waals surface area contributed by atoms with Gasteiger partial charge in [-0.3, -0.25) is 9.78 Å². The molecular formula is C18H20N4O3. The van der Waals surface area contributed by atoms with Crippen LogP contribution in [-0.2, 0) is 9.53 Å². The molecule has 1 aromatic carbocycles. The third kappa shape index (κ3) is 4.20. The maximum atomic E-state index is 12.4. The summed E-state index contributed by atoms with van der Waals surface area (Å²) >= 11 is 0. The molecule has 1 saturated heterocycles. The molecule has 7 heteroatoms. The Morgan fingerprint density at radius 3 is 2.56 bits per heavy atom. The van der Waals surface area contributed by atoms with Crippen molar-refractivity contribution in [2.24, 2.45) is 0 Å². The first kappa shape index (κ1) is 17.1.